The van der Waals surface area contributed by atoms with E-state index in [0.29, 0.717) is 25.8 Å². The number of nitrogens with one attached hydrogen (secondary N) is 2. The number of fused-ring (bicyclic) bond motifs is 2. The number of halogens is 2. The average Bonchev–Trinajstić information content (AvgIpc) is 3.23. The van der Waals surface area contributed by atoms with Crippen molar-refractivity contribution in [1.29, 1.82) is 0 Å². The summed E-state index contributed by atoms with van der Waals surface area (Å²) in [5.74, 6) is -2.11. The zero-order valence-corrected chi connectivity index (χ0v) is 18.4. The van der Waals surface area contributed by atoms with Crippen molar-refractivity contribution >= 4 is 52.0 Å². The van der Waals surface area contributed by atoms with Gasteiger partial charge in [0.1, 0.15) is 12.1 Å². The number of carboxylic acids is 1. The highest BCUT2D eigenvalue weighted by Gasteiger charge is 2.29. The van der Waals surface area contributed by atoms with Crippen LogP contribution in [0.2, 0.25) is 10.0 Å². The Morgan fingerprint density at radius 3 is 2.72 bits per heavy atom. The fourth-order valence-electron chi connectivity index (χ4n) is 3.97. The van der Waals surface area contributed by atoms with Crippen LogP contribution in [0, 0.1) is 5.92 Å². The lowest BCUT2D eigenvalue weighted by Crippen LogP contribution is -2.34. The Hall–Kier alpha value is -3.03. The van der Waals surface area contributed by atoms with Gasteiger partial charge in [0.2, 0.25) is 5.91 Å². The van der Waals surface area contributed by atoms with Crippen LogP contribution in [0.5, 0.6) is 0 Å². The Bertz CT molecular complexity index is 1220. The second-order valence-corrected chi connectivity index (χ2v) is 8.50. The summed E-state index contributed by atoms with van der Waals surface area (Å²) in [7, 11) is 0. The topological polar surface area (TPSA) is 109 Å². The Morgan fingerprint density at radius 2 is 1.94 bits per heavy atom. The zero-order chi connectivity index (χ0) is 22.8. The molecule has 32 heavy (non-hydrogen) atoms. The maximum atomic E-state index is 12.8. The molecule has 2 amide bonds. The van der Waals surface area contributed by atoms with E-state index in [1.165, 1.54) is 0 Å². The van der Waals surface area contributed by atoms with E-state index < -0.39 is 18.4 Å². The third kappa shape index (κ3) is 4.59. The van der Waals surface area contributed by atoms with Crippen LogP contribution in [0.25, 0.3) is 11.0 Å². The molecule has 1 atom stereocenters. The summed E-state index contributed by atoms with van der Waals surface area (Å²) in [6.07, 6.45) is 3.17. The molecular weight excluding hydrogens is 455 g/mol. The molecule has 0 fully saturated rings. The third-order valence-corrected chi connectivity index (χ3v) is 6.32. The van der Waals surface area contributed by atoms with Crippen LogP contribution >= 0.6 is 23.2 Å². The lowest BCUT2D eigenvalue weighted by atomic mass is 9.82. The predicted octanol–water partition coefficient (Wildman–Crippen LogP) is 3.98. The van der Waals surface area contributed by atoms with E-state index >= 15 is 0 Å². The van der Waals surface area contributed by atoms with Crippen LogP contribution in [0.1, 0.15) is 33.5 Å². The molecule has 7 nitrogen and oxygen atoms in total. The number of aliphatic carboxylic acids is 1. The SMILES string of the molecule is O=C(O)CNC(=O)c1c(Cl)cc2c(c1Cl)CCC(C(=O)NCc1ccc3ccoc3c1)C2. The first-order chi connectivity index (χ1) is 15.3. The van der Waals surface area contributed by atoms with Crippen LogP contribution in [0.15, 0.2) is 41.0 Å². The smallest absolute Gasteiger partial charge is 0.322 e. The summed E-state index contributed by atoms with van der Waals surface area (Å²) in [5.41, 5.74) is 3.36. The monoisotopic (exact) mass is 474 g/mol. The van der Waals surface area contributed by atoms with E-state index in [9.17, 15) is 14.4 Å². The van der Waals surface area contributed by atoms with Gasteiger partial charge in [-0.1, -0.05) is 35.3 Å². The van der Waals surface area contributed by atoms with Gasteiger partial charge in [0.25, 0.3) is 5.91 Å². The van der Waals surface area contributed by atoms with Gasteiger partial charge in [-0.15, -0.1) is 0 Å². The predicted molar refractivity (Wildman–Crippen MR) is 120 cm³/mol. The molecule has 1 unspecified atom stereocenters. The first-order valence-corrected chi connectivity index (χ1v) is 10.8. The number of furan rings is 1. The van der Waals surface area contributed by atoms with Gasteiger partial charge in [0.05, 0.1) is 21.9 Å². The number of carboxylic acid groups (broad SMARTS) is 1. The molecule has 0 saturated carbocycles. The molecule has 0 spiro atoms. The molecule has 0 radical (unpaired) electrons. The van der Waals surface area contributed by atoms with Gasteiger partial charge in [-0.2, -0.15) is 0 Å². The van der Waals surface area contributed by atoms with Gasteiger partial charge in [-0.3, -0.25) is 14.4 Å². The molecule has 0 aliphatic heterocycles. The largest absolute Gasteiger partial charge is 0.480 e. The van der Waals surface area contributed by atoms with Crippen LogP contribution in [-0.4, -0.2) is 29.4 Å². The molecule has 166 valence electrons. The highest BCUT2D eigenvalue weighted by atomic mass is 35.5. The number of hydrogen-bond acceptors (Lipinski definition) is 4. The van der Waals surface area contributed by atoms with E-state index in [1.807, 2.05) is 24.3 Å². The van der Waals surface area contributed by atoms with Crippen molar-refractivity contribution in [2.45, 2.75) is 25.8 Å². The standard InChI is InChI=1S/C23H20Cl2N2O5/c24-17-9-15-8-14(3-4-16(15)21(25)20(17)23(31)27-11-19(28)29)22(30)26-10-12-1-2-13-5-6-32-18(13)7-12/h1-2,5-7,9,14H,3-4,8,10-11H2,(H,26,30)(H,27,31)(H,28,29). The maximum Gasteiger partial charge on any atom is 0.322 e. The highest BCUT2D eigenvalue weighted by molar-refractivity contribution is 6.40. The minimum Gasteiger partial charge on any atom is -0.480 e. The molecule has 1 aliphatic rings. The van der Waals surface area contributed by atoms with Gasteiger partial charge in [-0.05, 0) is 54.2 Å². The fourth-order valence-corrected chi connectivity index (χ4v) is 4.73. The Kier molecular flexibility index (Phi) is 6.39. The molecule has 0 bridgehead atoms. The molecule has 1 heterocycles. The maximum absolute atomic E-state index is 12.8. The first kappa shape index (κ1) is 22.2. The van der Waals surface area contributed by atoms with Gasteiger partial charge < -0.3 is 20.2 Å². The molecule has 9 heteroatoms. The molecule has 1 aromatic heterocycles. The van der Waals surface area contributed by atoms with Crippen LogP contribution < -0.4 is 10.6 Å². The molecule has 1 aliphatic carbocycles. The second kappa shape index (κ2) is 9.22. The molecule has 3 N–H and O–H groups in total. The second-order valence-electron chi connectivity index (χ2n) is 7.71. The first-order valence-electron chi connectivity index (χ1n) is 10.1. The van der Waals surface area contributed by atoms with Crippen molar-refractivity contribution in [2.75, 3.05) is 6.54 Å². The van der Waals surface area contributed by atoms with Crippen molar-refractivity contribution < 1.29 is 23.9 Å². The number of carbonyl (C=O) groups is 3. The van der Waals surface area contributed by atoms with E-state index in [1.54, 1.807) is 12.3 Å². The Morgan fingerprint density at radius 1 is 1.12 bits per heavy atom. The summed E-state index contributed by atoms with van der Waals surface area (Å²) in [4.78, 5) is 35.8. The third-order valence-electron chi connectivity index (χ3n) is 5.61. The van der Waals surface area contributed by atoms with E-state index in [4.69, 9.17) is 32.7 Å². The summed E-state index contributed by atoms with van der Waals surface area (Å²) in [5, 5.41) is 15.4. The molecule has 2 aromatic carbocycles. The molecular formula is C23H20Cl2N2O5. The van der Waals surface area contributed by atoms with Gasteiger partial charge in [0, 0.05) is 17.8 Å². The lowest BCUT2D eigenvalue weighted by Gasteiger charge is -2.26. The molecule has 4 rings (SSSR count). The van der Waals surface area contributed by atoms with E-state index in [-0.39, 0.29) is 27.4 Å². The van der Waals surface area contributed by atoms with Crippen molar-refractivity contribution in [3.63, 3.8) is 0 Å². The normalized spacial score (nSPS) is 15.2. The van der Waals surface area contributed by atoms with Gasteiger partial charge >= 0.3 is 5.97 Å². The van der Waals surface area contributed by atoms with Gasteiger partial charge in [-0.25, -0.2) is 0 Å². The summed E-state index contributed by atoms with van der Waals surface area (Å²) in [6, 6.07) is 9.33. The minimum absolute atomic E-state index is 0.0598. The fraction of sp³-hybridized carbons (Fsp3) is 0.261. The van der Waals surface area contributed by atoms with Crippen LogP contribution in [0.3, 0.4) is 0 Å². The number of benzene rings is 2. The molecule has 3 aromatic rings. The lowest BCUT2D eigenvalue weighted by molar-refractivity contribution is -0.135. The van der Waals surface area contributed by atoms with Crippen LogP contribution in [-0.2, 0) is 29.0 Å². The number of amides is 2. The average molecular weight is 475 g/mol. The van der Waals surface area contributed by atoms with Crippen molar-refractivity contribution in [2.24, 2.45) is 5.92 Å². The minimum atomic E-state index is -1.17. The van der Waals surface area contributed by atoms with Crippen molar-refractivity contribution in [3.8, 4) is 0 Å². The quantitative estimate of drug-likeness (QED) is 0.500. The highest BCUT2D eigenvalue weighted by Crippen LogP contribution is 2.37. The van der Waals surface area contributed by atoms with Gasteiger partial charge in [0.15, 0.2) is 0 Å². The molecule has 0 saturated heterocycles. The Balaban J connectivity index is 1.44. The number of hydrogen-bond donors (Lipinski definition) is 3. The van der Waals surface area contributed by atoms with E-state index in [2.05, 4.69) is 10.6 Å². The van der Waals surface area contributed by atoms with Crippen LogP contribution in [0.4, 0.5) is 0 Å². The van der Waals surface area contributed by atoms with Crippen molar-refractivity contribution in [3.05, 3.63) is 68.9 Å². The number of carbonyl (C=O) groups excluding carboxylic acids is 2. The van der Waals surface area contributed by atoms with Crippen molar-refractivity contribution in [1.82, 2.24) is 10.6 Å². The summed E-state index contributed by atoms with van der Waals surface area (Å²) in [6.45, 7) is -0.138. The number of rotatable bonds is 6. The van der Waals surface area contributed by atoms with E-state index in [0.717, 1.165) is 27.7 Å². The summed E-state index contributed by atoms with van der Waals surface area (Å²) < 4.78 is 5.40. The zero-order valence-electron chi connectivity index (χ0n) is 16.9. The summed E-state index contributed by atoms with van der Waals surface area (Å²) >= 11 is 12.7. The Labute approximate surface area is 193 Å².